The molecule has 3 heterocycles. The average Bonchev–Trinajstić information content (AvgIpc) is 3.05. The van der Waals surface area contributed by atoms with Gasteiger partial charge < -0.3 is 4.74 Å². The van der Waals surface area contributed by atoms with Crippen LogP contribution in [-0.4, -0.2) is 46.9 Å². The lowest BCUT2D eigenvalue weighted by Gasteiger charge is -2.40. The van der Waals surface area contributed by atoms with Crippen LogP contribution in [0.2, 0.25) is 5.02 Å². The van der Waals surface area contributed by atoms with Gasteiger partial charge in [-0.25, -0.2) is 13.1 Å². The number of sulfonamides is 1. The summed E-state index contributed by atoms with van der Waals surface area (Å²) in [7, 11) is -3.61. The van der Waals surface area contributed by atoms with E-state index in [-0.39, 0.29) is 17.0 Å². The van der Waals surface area contributed by atoms with Gasteiger partial charge >= 0.3 is 0 Å². The number of ether oxygens (including phenoxy) is 1. The van der Waals surface area contributed by atoms with Crippen molar-refractivity contribution in [2.45, 2.75) is 37.0 Å². The summed E-state index contributed by atoms with van der Waals surface area (Å²) >= 11 is 6.09. The second kappa shape index (κ2) is 5.80. The Morgan fingerprint density at radius 1 is 1.38 bits per heavy atom. The standard InChI is InChI=1S/C15H17ClN4O3S/c1-10-12(16)3-2-4-15(10)24(21,22)19-6-5-13-14(8-19)23-9-11-7-17-18-20(11)13/h2-4,7,13-14H,5-6,8-9H2,1H3/t13-,14-/m0/s1. The molecular weight excluding hydrogens is 352 g/mol. The molecule has 1 saturated heterocycles. The van der Waals surface area contributed by atoms with Crippen LogP contribution in [0, 0.1) is 6.92 Å². The highest BCUT2D eigenvalue weighted by Gasteiger charge is 2.40. The van der Waals surface area contributed by atoms with Gasteiger partial charge in [0.15, 0.2) is 0 Å². The van der Waals surface area contributed by atoms with Gasteiger partial charge in [0.05, 0.1) is 35.5 Å². The molecule has 2 aliphatic rings. The second-order valence-electron chi connectivity index (χ2n) is 6.10. The molecule has 1 aromatic heterocycles. The second-order valence-corrected chi connectivity index (χ2v) is 8.41. The molecule has 1 aromatic carbocycles. The van der Waals surface area contributed by atoms with Gasteiger partial charge in [-0.2, -0.15) is 4.31 Å². The number of fused-ring (bicyclic) bond motifs is 3. The van der Waals surface area contributed by atoms with Crippen LogP contribution < -0.4 is 0 Å². The number of aromatic nitrogens is 3. The number of halogens is 1. The third-order valence-electron chi connectivity index (χ3n) is 4.73. The Morgan fingerprint density at radius 2 is 2.21 bits per heavy atom. The van der Waals surface area contributed by atoms with E-state index in [1.807, 2.05) is 4.68 Å². The summed E-state index contributed by atoms with van der Waals surface area (Å²) in [6, 6.07) is 4.98. The van der Waals surface area contributed by atoms with Crippen molar-refractivity contribution in [2.24, 2.45) is 0 Å². The maximum Gasteiger partial charge on any atom is 0.243 e. The van der Waals surface area contributed by atoms with Crippen LogP contribution in [0.1, 0.15) is 23.7 Å². The Bertz CT molecular complexity index is 883. The van der Waals surface area contributed by atoms with Gasteiger partial charge in [-0.15, -0.1) is 5.10 Å². The average molecular weight is 369 g/mol. The van der Waals surface area contributed by atoms with Crippen LogP contribution in [0.15, 0.2) is 29.3 Å². The summed E-state index contributed by atoms with van der Waals surface area (Å²) < 4.78 is 35.2. The molecule has 9 heteroatoms. The number of rotatable bonds is 2. The molecule has 2 aliphatic heterocycles. The largest absolute Gasteiger partial charge is 0.368 e. The predicted molar refractivity (Wildman–Crippen MR) is 87.2 cm³/mol. The molecule has 7 nitrogen and oxygen atoms in total. The molecule has 0 N–H and O–H groups in total. The van der Waals surface area contributed by atoms with Gasteiger partial charge in [0.1, 0.15) is 0 Å². The summed E-state index contributed by atoms with van der Waals surface area (Å²) in [5, 5.41) is 8.48. The predicted octanol–water partition coefficient (Wildman–Crippen LogP) is 1.77. The smallest absolute Gasteiger partial charge is 0.243 e. The lowest BCUT2D eigenvalue weighted by Crippen LogP contribution is -2.50. The summed E-state index contributed by atoms with van der Waals surface area (Å²) in [5.41, 5.74) is 1.50. The number of nitrogens with zero attached hydrogens (tertiary/aromatic N) is 4. The molecule has 0 radical (unpaired) electrons. The normalized spacial score (nSPS) is 24.4. The van der Waals surface area contributed by atoms with Gasteiger partial charge in [0, 0.05) is 18.1 Å². The van der Waals surface area contributed by atoms with Crippen LogP contribution in [0.3, 0.4) is 0 Å². The number of hydrogen-bond donors (Lipinski definition) is 0. The quantitative estimate of drug-likeness (QED) is 0.807. The first-order valence-electron chi connectivity index (χ1n) is 7.74. The van der Waals surface area contributed by atoms with E-state index in [0.29, 0.717) is 36.7 Å². The first kappa shape index (κ1) is 16.0. The van der Waals surface area contributed by atoms with E-state index in [1.165, 1.54) is 4.31 Å². The molecule has 2 aromatic rings. The van der Waals surface area contributed by atoms with Crippen LogP contribution >= 0.6 is 11.6 Å². The Balaban J connectivity index is 1.62. The minimum Gasteiger partial charge on any atom is -0.368 e. The molecule has 4 rings (SSSR count). The van der Waals surface area contributed by atoms with Gasteiger partial charge in [0.25, 0.3) is 0 Å². The van der Waals surface area contributed by atoms with E-state index in [9.17, 15) is 8.42 Å². The summed E-state index contributed by atoms with van der Waals surface area (Å²) in [5.74, 6) is 0. The molecule has 0 amide bonds. The SMILES string of the molecule is Cc1c(Cl)cccc1S(=O)(=O)N1CC[C@H]2[C@H](C1)OCc1cnnn12. The summed E-state index contributed by atoms with van der Waals surface area (Å²) in [6.45, 7) is 2.84. The highest BCUT2D eigenvalue weighted by molar-refractivity contribution is 7.89. The zero-order valence-electron chi connectivity index (χ0n) is 13.1. The molecule has 24 heavy (non-hydrogen) atoms. The van der Waals surface area contributed by atoms with Crippen molar-refractivity contribution in [3.05, 3.63) is 40.7 Å². The third-order valence-corrected chi connectivity index (χ3v) is 7.15. The minimum absolute atomic E-state index is 0.0307. The zero-order valence-corrected chi connectivity index (χ0v) is 14.7. The number of piperidine rings is 1. The highest BCUT2D eigenvalue weighted by atomic mass is 35.5. The van der Waals surface area contributed by atoms with E-state index in [1.54, 1.807) is 31.3 Å². The third kappa shape index (κ3) is 2.45. The molecule has 0 spiro atoms. The zero-order chi connectivity index (χ0) is 16.9. The fourth-order valence-electron chi connectivity index (χ4n) is 3.38. The van der Waals surface area contributed by atoms with Crippen molar-refractivity contribution >= 4 is 21.6 Å². The van der Waals surface area contributed by atoms with Crippen molar-refractivity contribution in [1.82, 2.24) is 19.3 Å². The van der Waals surface area contributed by atoms with Crippen molar-refractivity contribution < 1.29 is 13.2 Å². The maximum atomic E-state index is 13.0. The van der Waals surface area contributed by atoms with Crippen LogP contribution in [0.4, 0.5) is 0 Å². The maximum absolute atomic E-state index is 13.0. The number of hydrogen-bond acceptors (Lipinski definition) is 5. The van der Waals surface area contributed by atoms with E-state index in [0.717, 1.165) is 5.69 Å². The minimum atomic E-state index is -3.61. The summed E-state index contributed by atoms with van der Waals surface area (Å²) in [4.78, 5) is 0.255. The lowest BCUT2D eigenvalue weighted by atomic mass is 10.0. The molecule has 0 unspecified atom stereocenters. The summed E-state index contributed by atoms with van der Waals surface area (Å²) in [6.07, 6.45) is 2.11. The van der Waals surface area contributed by atoms with E-state index in [4.69, 9.17) is 16.3 Å². The van der Waals surface area contributed by atoms with Gasteiger partial charge in [-0.05, 0) is 31.0 Å². The van der Waals surface area contributed by atoms with Gasteiger partial charge in [-0.1, -0.05) is 22.9 Å². The fourth-order valence-corrected chi connectivity index (χ4v) is 5.33. The van der Waals surface area contributed by atoms with Gasteiger partial charge in [0.2, 0.25) is 10.0 Å². The molecule has 0 saturated carbocycles. The van der Waals surface area contributed by atoms with E-state index >= 15 is 0 Å². The van der Waals surface area contributed by atoms with Crippen molar-refractivity contribution in [3.63, 3.8) is 0 Å². The van der Waals surface area contributed by atoms with Crippen molar-refractivity contribution in [1.29, 1.82) is 0 Å². The Labute approximate surface area is 145 Å². The van der Waals surface area contributed by atoms with Crippen molar-refractivity contribution in [2.75, 3.05) is 13.1 Å². The molecular formula is C15H17ClN4O3S. The van der Waals surface area contributed by atoms with Crippen LogP contribution in [0.5, 0.6) is 0 Å². The topological polar surface area (TPSA) is 77.3 Å². The van der Waals surface area contributed by atoms with Crippen LogP contribution in [0.25, 0.3) is 0 Å². The molecule has 128 valence electrons. The first-order chi connectivity index (χ1) is 11.5. The Morgan fingerprint density at radius 3 is 3.04 bits per heavy atom. The fraction of sp³-hybridized carbons (Fsp3) is 0.467. The van der Waals surface area contributed by atoms with E-state index in [2.05, 4.69) is 10.3 Å². The Kier molecular flexibility index (Phi) is 3.87. The number of benzene rings is 1. The van der Waals surface area contributed by atoms with Crippen molar-refractivity contribution in [3.8, 4) is 0 Å². The van der Waals surface area contributed by atoms with Crippen LogP contribution in [-0.2, 0) is 21.4 Å². The molecule has 1 fully saturated rings. The molecule has 0 aliphatic carbocycles. The Hall–Kier alpha value is -1.48. The first-order valence-corrected chi connectivity index (χ1v) is 9.56. The highest BCUT2D eigenvalue weighted by Crippen LogP contribution is 2.34. The lowest BCUT2D eigenvalue weighted by molar-refractivity contribution is -0.0544. The monoisotopic (exact) mass is 368 g/mol. The van der Waals surface area contributed by atoms with Gasteiger partial charge in [-0.3, -0.25) is 0 Å². The molecule has 0 bridgehead atoms. The molecule has 2 atom stereocenters. The van der Waals surface area contributed by atoms with E-state index < -0.39 is 10.0 Å².